The number of phenolic OH excluding ortho intramolecular Hbond substituents is 2. The number of phenols is 2. The van der Waals surface area contributed by atoms with Crippen molar-refractivity contribution >= 4 is 34.0 Å². The van der Waals surface area contributed by atoms with Gasteiger partial charge in [0.15, 0.2) is 0 Å². The van der Waals surface area contributed by atoms with E-state index in [0.717, 1.165) is 38.8 Å². The van der Waals surface area contributed by atoms with Crippen molar-refractivity contribution in [1.29, 1.82) is 0 Å². The summed E-state index contributed by atoms with van der Waals surface area (Å²) < 4.78 is 0. The van der Waals surface area contributed by atoms with Crippen molar-refractivity contribution in [2.75, 3.05) is 26.2 Å². The molecule has 0 heterocycles. The lowest BCUT2D eigenvalue weighted by Crippen LogP contribution is -2.40. The standard InChI is InChI=1S/C27H40N2O2.2BrH/c1-2-19-29(24-12-15-26-23(21-24)8-7-9-27(26)31)20-6-4-3-5-17-28-18-16-22-10-13-25(30)14-11-22;;/h7-11,13-14,24,28,30-31H,2-6,12,15-21H2,1H3;2*1H. The molecule has 0 aromatic heterocycles. The van der Waals surface area contributed by atoms with E-state index < -0.39 is 0 Å². The number of hydrogen-bond acceptors (Lipinski definition) is 4. The molecule has 3 N–H and O–H groups in total. The number of aromatic hydroxyl groups is 2. The highest BCUT2D eigenvalue weighted by Crippen LogP contribution is 2.30. The minimum atomic E-state index is 0. The van der Waals surface area contributed by atoms with Crippen LogP contribution in [0.3, 0.4) is 0 Å². The van der Waals surface area contributed by atoms with Crippen molar-refractivity contribution in [3.05, 3.63) is 59.2 Å². The summed E-state index contributed by atoms with van der Waals surface area (Å²) in [5.41, 5.74) is 3.78. The zero-order chi connectivity index (χ0) is 21.9. The summed E-state index contributed by atoms with van der Waals surface area (Å²) in [6, 6.07) is 14.1. The lowest BCUT2D eigenvalue weighted by molar-refractivity contribution is 0.175. The van der Waals surface area contributed by atoms with Gasteiger partial charge in [0.25, 0.3) is 0 Å². The number of halogens is 2. The van der Waals surface area contributed by atoms with E-state index in [9.17, 15) is 10.2 Å². The van der Waals surface area contributed by atoms with Crippen LogP contribution in [0.5, 0.6) is 11.5 Å². The quantitative estimate of drug-likeness (QED) is 0.244. The Labute approximate surface area is 221 Å². The summed E-state index contributed by atoms with van der Waals surface area (Å²) in [5, 5.41) is 23.0. The number of benzene rings is 2. The third-order valence-corrected chi connectivity index (χ3v) is 6.53. The molecule has 2 aromatic rings. The number of rotatable bonds is 13. The molecule has 1 aliphatic carbocycles. The molecule has 0 fully saturated rings. The lowest BCUT2D eigenvalue weighted by atomic mass is 9.86. The summed E-state index contributed by atoms with van der Waals surface area (Å²) in [4.78, 5) is 2.70. The van der Waals surface area contributed by atoms with Crippen LogP contribution in [0.4, 0.5) is 0 Å². The van der Waals surface area contributed by atoms with Crippen molar-refractivity contribution in [2.24, 2.45) is 0 Å². The number of unbranched alkanes of at least 4 members (excludes halogenated alkanes) is 3. The first kappa shape index (κ1) is 30.0. The van der Waals surface area contributed by atoms with Crippen molar-refractivity contribution in [3.8, 4) is 11.5 Å². The highest BCUT2D eigenvalue weighted by Gasteiger charge is 2.24. The Bertz CT molecular complexity index is 786. The summed E-state index contributed by atoms with van der Waals surface area (Å²) in [5.74, 6) is 0.816. The molecule has 33 heavy (non-hydrogen) atoms. The number of hydrogen-bond donors (Lipinski definition) is 3. The molecule has 0 radical (unpaired) electrons. The van der Waals surface area contributed by atoms with Crippen LogP contribution in [0, 0.1) is 0 Å². The average Bonchev–Trinajstić information content (AvgIpc) is 2.78. The molecule has 0 amide bonds. The second-order valence-corrected chi connectivity index (χ2v) is 8.93. The van der Waals surface area contributed by atoms with E-state index in [1.165, 1.54) is 61.9 Å². The fourth-order valence-corrected chi connectivity index (χ4v) is 4.78. The van der Waals surface area contributed by atoms with E-state index >= 15 is 0 Å². The molecular weight excluding hydrogens is 544 g/mol. The number of nitrogens with one attached hydrogen (secondary N) is 1. The Hall–Kier alpha value is -1.08. The van der Waals surface area contributed by atoms with Gasteiger partial charge in [0, 0.05) is 6.04 Å². The van der Waals surface area contributed by atoms with Gasteiger partial charge >= 0.3 is 0 Å². The molecule has 4 nitrogen and oxygen atoms in total. The SMILES string of the molecule is Br.Br.CCCN(CCCCCCNCCc1ccc(O)cc1)C1CCc2c(O)cccc2C1. The Kier molecular flexibility index (Phi) is 15.0. The maximum absolute atomic E-state index is 10.1. The van der Waals surface area contributed by atoms with Gasteiger partial charge in [0.1, 0.15) is 11.5 Å². The maximum atomic E-state index is 10.1. The van der Waals surface area contributed by atoms with Crippen LogP contribution in [-0.4, -0.2) is 47.3 Å². The van der Waals surface area contributed by atoms with E-state index in [1.54, 1.807) is 12.1 Å². The molecule has 0 spiro atoms. The summed E-state index contributed by atoms with van der Waals surface area (Å²) >= 11 is 0. The van der Waals surface area contributed by atoms with E-state index in [0.29, 0.717) is 17.5 Å². The highest BCUT2D eigenvalue weighted by atomic mass is 79.9. The van der Waals surface area contributed by atoms with Crippen molar-refractivity contribution < 1.29 is 10.2 Å². The Morgan fingerprint density at radius 1 is 0.909 bits per heavy atom. The zero-order valence-corrected chi connectivity index (χ0v) is 23.4. The number of fused-ring (bicyclic) bond motifs is 1. The van der Waals surface area contributed by atoms with Gasteiger partial charge in [-0.25, -0.2) is 0 Å². The molecule has 186 valence electrons. The van der Waals surface area contributed by atoms with Gasteiger partial charge in [-0.1, -0.05) is 44.0 Å². The molecule has 0 saturated carbocycles. The van der Waals surface area contributed by atoms with Crippen LogP contribution in [-0.2, 0) is 19.3 Å². The minimum absolute atomic E-state index is 0. The first-order valence-corrected chi connectivity index (χ1v) is 12.2. The molecule has 1 aliphatic rings. The second-order valence-electron chi connectivity index (χ2n) is 8.93. The van der Waals surface area contributed by atoms with Crippen molar-refractivity contribution in [1.82, 2.24) is 10.2 Å². The van der Waals surface area contributed by atoms with Gasteiger partial charge in [0.2, 0.25) is 0 Å². The molecule has 0 aliphatic heterocycles. The first-order chi connectivity index (χ1) is 15.2. The Balaban J connectivity index is 0.00000272. The van der Waals surface area contributed by atoms with E-state index in [1.807, 2.05) is 24.3 Å². The number of nitrogens with zero attached hydrogens (tertiary/aromatic N) is 1. The summed E-state index contributed by atoms with van der Waals surface area (Å²) in [7, 11) is 0. The van der Waals surface area contributed by atoms with Crippen molar-refractivity contribution in [3.63, 3.8) is 0 Å². The average molecular weight is 586 g/mol. The minimum Gasteiger partial charge on any atom is -0.508 e. The summed E-state index contributed by atoms with van der Waals surface area (Å²) in [6.45, 7) is 6.73. The Morgan fingerprint density at radius 3 is 2.42 bits per heavy atom. The third kappa shape index (κ3) is 9.97. The molecule has 6 heteroatoms. The lowest BCUT2D eigenvalue weighted by Gasteiger charge is -2.35. The third-order valence-electron chi connectivity index (χ3n) is 6.53. The van der Waals surface area contributed by atoms with Crippen LogP contribution < -0.4 is 5.32 Å². The summed E-state index contributed by atoms with van der Waals surface area (Å²) in [6.07, 6.45) is 10.5. The normalized spacial score (nSPS) is 14.9. The largest absolute Gasteiger partial charge is 0.508 e. The molecule has 0 saturated heterocycles. The van der Waals surface area contributed by atoms with Gasteiger partial charge < -0.3 is 20.4 Å². The van der Waals surface area contributed by atoms with Crippen molar-refractivity contribution in [2.45, 2.75) is 70.8 Å². The molecule has 2 aromatic carbocycles. The predicted molar refractivity (Wildman–Crippen MR) is 150 cm³/mol. The van der Waals surface area contributed by atoms with Gasteiger partial charge in [-0.3, -0.25) is 0 Å². The van der Waals surface area contributed by atoms with Gasteiger partial charge in [-0.2, -0.15) is 0 Å². The fraction of sp³-hybridized carbons (Fsp3) is 0.556. The monoisotopic (exact) mass is 584 g/mol. The van der Waals surface area contributed by atoms with Crippen LogP contribution in [0.1, 0.15) is 62.1 Å². The first-order valence-electron chi connectivity index (χ1n) is 12.2. The highest BCUT2D eigenvalue weighted by molar-refractivity contribution is 8.93. The fourth-order valence-electron chi connectivity index (χ4n) is 4.78. The zero-order valence-electron chi connectivity index (χ0n) is 20.0. The molecular formula is C27H42Br2N2O2. The van der Waals surface area contributed by atoms with E-state index in [4.69, 9.17) is 0 Å². The Morgan fingerprint density at radius 2 is 1.67 bits per heavy atom. The maximum Gasteiger partial charge on any atom is 0.119 e. The smallest absolute Gasteiger partial charge is 0.119 e. The van der Waals surface area contributed by atoms with Crippen LogP contribution >= 0.6 is 34.0 Å². The molecule has 3 rings (SSSR count). The van der Waals surface area contributed by atoms with E-state index in [2.05, 4.69) is 23.2 Å². The van der Waals surface area contributed by atoms with E-state index in [-0.39, 0.29) is 34.0 Å². The second kappa shape index (κ2) is 16.5. The van der Waals surface area contributed by atoms with Gasteiger partial charge in [-0.05, 0) is 106 Å². The predicted octanol–water partition coefficient (Wildman–Crippen LogP) is 6.22. The van der Waals surface area contributed by atoms with Crippen LogP contribution in [0.15, 0.2) is 42.5 Å². The molecule has 1 atom stereocenters. The molecule has 1 unspecified atom stereocenters. The van der Waals surface area contributed by atoms with Crippen LogP contribution in [0.2, 0.25) is 0 Å². The molecule has 0 bridgehead atoms. The van der Waals surface area contributed by atoms with Crippen LogP contribution in [0.25, 0.3) is 0 Å². The van der Waals surface area contributed by atoms with Gasteiger partial charge in [0.05, 0.1) is 0 Å². The van der Waals surface area contributed by atoms with Gasteiger partial charge in [-0.15, -0.1) is 34.0 Å². The topological polar surface area (TPSA) is 55.7 Å².